The Morgan fingerprint density at radius 3 is 2.47 bits per heavy atom. The highest BCUT2D eigenvalue weighted by molar-refractivity contribution is 5.85. The highest BCUT2D eigenvalue weighted by Crippen LogP contribution is 2.29. The minimum atomic E-state index is 0. The van der Waals surface area contributed by atoms with Crippen molar-refractivity contribution in [1.82, 2.24) is 15.2 Å². The maximum Gasteiger partial charge on any atom is 0.0578 e. The molecule has 1 aliphatic rings. The average Bonchev–Trinajstić information content (AvgIpc) is 2.41. The summed E-state index contributed by atoms with van der Waals surface area (Å²) in [5, 5.41) is 3.42. The summed E-state index contributed by atoms with van der Waals surface area (Å²) in [5.74, 6) is 0.656. The van der Waals surface area contributed by atoms with Gasteiger partial charge in [-0.25, -0.2) is 0 Å². The zero-order valence-electron chi connectivity index (χ0n) is 11.7. The monoisotopic (exact) mass is 305 g/mol. The van der Waals surface area contributed by atoms with Gasteiger partial charge in [-0.2, -0.15) is 0 Å². The third-order valence-corrected chi connectivity index (χ3v) is 3.72. The summed E-state index contributed by atoms with van der Waals surface area (Å²) in [6.45, 7) is 9.06. The molecule has 0 spiro atoms. The van der Waals surface area contributed by atoms with Crippen molar-refractivity contribution < 1.29 is 0 Å². The Labute approximate surface area is 129 Å². The Morgan fingerprint density at radius 2 is 1.95 bits per heavy atom. The highest BCUT2D eigenvalue weighted by Gasteiger charge is 2.26. The zero-order valence-corrected chi connectivity index (χ0v) is 13.3. The van der Waals surface area contributed by atoms with Crippen LogP contribution in [0, 0.1) is 5.92 Å². The molecule has 1 aromatic heterocycles. The third kappa shape index (κ3) is 4.92. The first-order valence-electron chi connectivity index (χ1n) is 6.68. The van der Waals surface area contributed by atoms with E-state index in [2.05, 4.69) is 41.2 Å². The quantitative estimate of drug-likeness (QED) is 0.927. The van der Waals surface area contributed by atoms with Crippen LogP contribution in [-0.4, -0.2) is 36.1 Å². The van der Waals surface area contributed by atoms with E-state index >= 15 is 0 Å². The fraction of sp³-hybridized carbons (Fsp3) is 0.643. The minimum Gasteiger partial charge on any atom is -0.314 e. The van der Waals surface area contributed by atoms with Crippen LogP contribution in [0.1, 0.15) is 32.0 Å². The summed E-state index contributed by atoms with van der Waals surface area (Å²) in [4.78, 5) is 7.14. The number of hydrogen-bond acceptors (Lipinski definition) is 3. The van der Waals surface area contributed by atoms with E-state index in [1.807, 2.05) is 12.3 Å². The first-order chi connectivity index (χ1) is 8.33. The van der Waals surface area contributed by atoms with Crippen molar-refractivity contribution in [2.45, 2.75) is 26.3 Å². The molecule has 1 aliphatic heterocycles. The maximum atomic E-state index is 4.56. The highest BCUT2D eigenvalue weighted by atomic mass is 35.5. The molecule has 0 aliphatic carbocycles. The van der Waals surface area contributed by atoms with Crippen LogP contribution < -0.4 is 5.32 Å². The van der Waals surface area contributed by atoms with Gasteiger partial charge in [-0.15, -0.1) is 24.8 Å². The van der Waals surface area contributed by atoms with Gasteiger partial charge in [0.2, 0.25) is 0 Å². The van der Waals surface area contributed by atoms with Crippen LogP contribution >= 0.6 is 24.8 Å². The fourth-order valence-electron chi connectivity index (χ4n) is 2.57. The SMILES string of the molecule is CCC(C)[C@@H](c1ccccn1)N1CCNCC1.Cl.Cl. The van der Waals surface area contributed by atoms with Crippen molar-refractivity contribution >= 4 is 24.8 Å². The first-order valence-corrected chi connectivity index (χ1v) is 6.68. The molecule has 2 atom stereocenters. The number of rotatable bonds is 4. The first kappa shape index (κ1) is 18.7. The number of hydrogen-bond donors (Lipinski definition) is 1. The summed E-state index contributed by atoms with van der Waals surface area (Å²) in [6.07, 6.45) is 3.11. The number of pyridine rings is 1. The number of nitrogens with one attached hydrogen (secondary N) is 1. The lowest BCUT2D eigenvalue weighted by molar-refractivity contribution is 0.125. The average molecular weight is 306 g/mol. The largest absolute Gasteiger partial charge is 0.314 e. The van der Waals surface area contributed by atoms with Crippen molar-refractivity contribution in [2.75, 3.05) is 26.2 Å². The van der Waals surface area contributed by atoms with Crippen LogP contribution in [0.2, 0.25) is 0 Å². The summed E-state index contributed by atoms with van der Waals surface area (Å²) in [7, 11) is 0. The van der Waals surface area contributed by atoms with Gasteiger partial charge >= 0.3 is 0 Å². The smallest absolute Gasteiger partial charge is 0.0578 e. The Kier molecular flexibility index (Phi) is 9.36. The number of halogens is 2. The third-order valence-electron chi connectivity index (χ3n) is 3.72. The van der Waals surface area contributed by atoms with Gasteiger partial charge in [-0.05, 0) is 18.1 Å². The molecule has 0 radical (unpaired) electrons. The van der Waals surface area contributed by atoms with Gasteiger partial charge < -0.3 is 5.32 Å². The lowest BCUT2D eigenvalue weighted by Gasteiger charge is -2.37. The van der Waals surface area contributed by atoms with Crippen molar-refractivity contribution in [3.8, 4) is 0 Å². The van der Waals surface area contributed by atoms with Gasteiger partial charge in [0.1, 0.15) is 0 Å². The molecule has 1 saturated heterocycles. The Hall–Kier alpha value is -0.350. The van der Waals surface area contributed by atoms with Crippen LogP contribution in [-0.2, 0) is 0 Å². The standard InChI is InChI=1S/C14H23N3.2ClH/c1-3-12(2)14(13-6-4-5-7-16-13)17-10-8-15-9-11-17;;/h4-7,12,14-15H,3,8-11H2,1-2H3;2*1H/t12?,14-;;/m0../s1. The van der Waals surface area contributed by atoms with E-state index < -0.39 is 0 Å². The molecule has 19 heavy (non-hydrogen) atoms. The molecule has 1 fully saturated rings. The lowest BCUT2D eigenvalue weighted by atomic mass is 9.94. The second-order valence-corrected chi connectivity index (χ2v) is 4.87. The van der Waals surface area contributed by atoms with E-state index in [1.54, 1.807) is 0 Å². The van der Waals surface area contributed by atoms with Crippen LogP contribution in [0.4, 0.5) is 0 Å². The molecule has 0 amide bonds. The van der Waals surface area contributed by atoms with Crippen LogP contribution in [0.15, 0.2) is 24.4 Å². The van der Waals surface area contributed by atoms with E-state index in [1.165, 1.54) is 12.1 Å². The summed E-state index contributed by atoms with van der Waals surface area (Å²) < 4.78 is 0. The topological polar surface area (TPSA) is 28.2 Å². The molecular formula is C14H25Cl2N3. The van der Waals surface area contributed by atoms with Gasteiger partial charge in [-0.3, -0.25) is 9.88 Å². The van der Waals surface area contributed by atoms with E-state index in [-0.39, 0.29) is 24.8 Å². The van der Waals surface area contributed by atoms with Crippen molar-refractivity contribution in [3.05, 3.63) is 30.1 Å². The molecule has 2 heterocycles. The van der Waals surface area contributed by atoms with E-state index in [0.717, 1.165) is 26.2 Å². The predicted molar refractivity (Wildman–Crippen MR) is 85.4 cm³/mol. The molecule has 2 rings (SSSR count). The van der Waals surface area contributed by atoms with Crippen LogP contribution in [0.25, 0.3) is 0 Å². The Bertz CT molecular complexity index is 329. The van der Waals surface area contributed by atoms with Crippen molar-refractivity contribution in [1.29, 1.82) is 0 Å². The van der Waals surface area contributed by atoms with E-state index in [0.29, 0.717) is 12.0 Å². The van der Waals surface area contributed by atoms with Gasteiger partial charge in [0, 0.05) is 32.4 Å². The van der Waals surface area contributed by atoms with Gasteiger partial charge in [0.05, 0.1) is 11.7 Å². The second kappa shape index (κ2) is 9.54. The van der Waals surface area contributed by atoms with Crippen molar-refractivity contribution in [3.63, 3.8) is 0 Å². The lowest BCUT2D eigenvalue weighted by Crippen LogP contribution is -2.46. The van der Waals surface area contributed by atoms with Gasteiger partial charge in [-0.1, -0.05) is 26.3 Å². The fourth-order valence-corrected chi connectivity index (χ4v) is 2.57. The number of aromatic nitrogens is 1. The maximum absolute atomic E-state index is 4.56. The Morgan fingerprint density at radius 1 is 1.26 bits per heavy atom. The van der Waals surface area contributed by atoms with Crippen molar-refractivity contribution in [2.24, 2.45) is 5.92 Å². The normalized spacial score (nSPS) is 18.8. The molecule has 1 aromatic rings. The molecule has 5 heteroatoms. The summed E-state index contributed by atoms with van der Waals surface area (Å²) >= 11 is 0. The van der Waals surface area contributed by atoms with E-state index in [4.69, 9.17) is 0 Å². The van der Waals surface area contributed by atoms with Gasteiger partial charge in [0.25, 0.3) is 0 Å². The molecule has 0 bridgehead atoms. The molecular weight excluding hydrogens is 281 g/mol. The molecule has 110 valence electrons. The molecule has 1 unspecified atom stereocenters. The summed E-state index contributed by atoms with van der Waals surface area (Å²) in [6, 6.07) is 6.73. The van der Waals surface area contributed by atoms with Crippen LogP contribution in [0.5, 0.6) is 0 Å². The van der Waals surface area contributed by atoms with E-state index in [9.17, 15) is 0 Å². The van der Waals surface area contributed by atoms with Gasteiger partial charge in [0.15, 0.2) is 0 Å². The summed E-state index contributed by atoms with van der Waals surface area (Å²) in [5.41, 5.74) is 1.23. The molecule has 1 N–H and O–H groups in total. The predicted octanol–water partition coefficient (Wildman–Crippen LogP) is 2.92. The molecule has 0 aromatic carbocycles. The molecule has 0 saturated carbocycles. The minimum absolute atomic E-state index is 0. The zero-order chi connectivity index (χ0) is 12.1. The Balaban J connectivity index is 0.00000162. The number of nitrogens with zero attached hydrogens (tertiary/aromatic N) is 2. The van der Waals surface area contributed by atoms with Crippen LogP contribution in [0.3, 0.4) is 0 Å². The second-order valence-electron chi connectivity index (χ2n) is 4.87. The number of piperazine rings is 1. The molecule has 3 nitrogen and oxygen atoms in total.